The zero-order valence-corrected chi connectivity index (χ0v) is 11.7. The lowest BCUT2D eigenvalue weighted by molar-refractivity contribution is -0.0226. The number of carbonyl (C=O) groups is 1. The lowest BCUT2D eigenvalue weighted by atomic mass is 10.1. The number of halogens is 2. The molecule has 1 aliphatic heterocycles. The molecule has 2 rings (SSSR count). The molecule has 1 heterocycles. The SMILES string of the molecule is CCC1CN(C(=O)c2ccc(F)cc2Br)CCO1. The zero-order chi connectivity index (χ0) is 13.1. The highest BCUT2D eigenvalue weighted by Gasteiger charge is 2.25. The van der Waals surface area contributed by atoms with E-state index >= 15 is 0 Å². The van der Waals surface area contributed by atoms with Gasteiger partial charge < -0.3 is 9.64 Å². The Morgan fingerprint density at radius 3 is 3.06 bits per heavy atom. The van der Waals surface area contributed by atoms with Crippen LogP contribution in [0.4, 0.5) is 4.39 Å². The van der Waals surface area contributed by atoms with Crippen LogP contribution in [0.15, 0.2) is 22.7 Å². The van der Waals surface area contributed by atoms with E-state index in [1.807, 2.05) is 6.92 Å². The summed E-state index contributed by atoms with van der Waals surface area (Å²) in [6.07, 6.45) is 0.982. The molecule has 1 atom stereocenters. The topological polar surface area (TPSA) is 29.5 Å². The second kappa shape index (κ2) is 5.80. The van der Waals surface area contributed by atoms with E-state index in [0.29, 0.717) is 29.7 Å². The summed E-state index contributed by atoms with van der Waals surface area (Å²) < 4.78 is 19.0. The van der Waals surface area contributed by atoms with Crippen LogP contribution in [0.3, 0.4) is 0 Å². The maximum atomic E-state index is 13.0. The molecule has 98 valence electrons. The van der Waals surface area contributed by atoms with E-state index in [-0.39, 0.29) is 17.8 Å². The summed E-state index contributed by atoms with van der Waals surface area (Å²) in [5, 5.41) is 0. The van der Waals surface area contributed by atoms with Gasteiger partial charge in [-0.05, 0) is 40.5 Å². The average molecular weight is 316 g/mol. The molecule has 1 saturated heterocycles. The molecule has 1 amide bonds. The fourth-order valence-corrected chi connectivity index (χ4v) is 2.50. The van der Waals surface area contributed by atoms with Crippen LogP contribution in [0.25, 0.3) is 0 Å². The van der Waals surface area contributed by atoms with Crippen molar-refractivity contribution >= 4 is 21.8 Å². The zero-order valence-electron chi connectivity index (χ0n) is 10.2. The molecule has 3 nitrogen and oxygen atoms in total. The number of hydrogen-bond acceptors (Lipinski definition) is 2. The fraction of sp³-hybridized carbons (Fsp3) is 0.462. The number of morpholine rings is 1. The number of amides is 1. The molecule has 0 radical (unpaired) electrons. The maximum Gasteiger partial charge on any atom is 0.255 e. The summed E-state index contributed by atoms with van der Waals surface area (Å²) >= 11 is 3.23. The lowest BCUT2D eigenvalue weighted by Crippen LogP contribution is -2.45. The van der Waals surface area contributed by atoms with Crippen molar-refractivity contribution in [3.63, 3.8) is 0 Å². The van der Waals surface area contributed by atoms with E-state index in [0.717, 1.165) is 6.42 Å². The van der Waals surface area contributed by atoms with Crippen LogP contribution >= 0.6 is 15.9 Å². The van der Waals surface area contributed by atoms with Crippen LogP contribution in [0.1, 0.15) is 23.7 Å². The fourth-order valence-electron chi connectivity index (χ4n) is 1.98. The number of ether oxygens (including phenoxy) is 1. The maximum absolute atomic E-state index is 13.0. The van der Waals surface area contributed by atoms with Crippen molar-refractivity contribution in [2.45, 2.75) is 19.4 Å². The first-order valence-electron chi connectivity index (χ1n) is 5.97. The minimum Gasteiger partial charge on any atom is -0.375 e. The highest BCUT2D eigenvalue weighted by atomic mass is 79.9. The molecule has 0 saturated carbocycles. The number of carbonyl (C=O) groups excluding carboxylic acids is 1. The number of nitrogens with zero attached hydrogens (tertiary/aromatic N) is 1. The van der Waals surface area contributed by atoms with Gasteiger partial charge in [-0.3, -0.25) is 4.79 Å². The van der Waals surface area contributed by atoms with Gasteiger partial charge in [-0.2, -0.15) is 0 Å². The first-order valence-corrected chi connectivity index (χ1v) is 6.77. The molecule has 1 aromatic rings. The van der Waals surface area contributed by atoms with Gasteiger partial charge in [0.25, 0.3) is 5.91 Å². The van der Waals surface area contributed by atoms with Crippen LogP contribution in [0.2, 0.25) is 0 Å². The molecule has 0 N–H and O–H groups in total. The monoisotopic (exact) mass is 315 g/mol. The predicted octanol–water partition coefficient (Wildman–Crippen LogP) is 2.84. The second-order valence-electron chi connectivity index (χ2n) is 4.28. The summed E-state index contributed by atoms with van der Waals surface area (Å²) in [5.41, 5.74) is 0.494. The van der Waals surface area contributed by atoms with Gasteiger partial charge in [0.2, 0.25) is 0 Å². The molecule has 1 unspecified atom stereocenters. The Morgan fingerprint density at radius 1 is 1.61 bits per heavy atom. The third-order valence-electron chi connectivity index (χ3n) is 3.04. The van der Waals surface area contributed by atoms with Gasteiger partial charge in [0.05, 0.1) is 18.3 Å². The van der Waals surface area contributed by atoms with Crippen molar-refractivity contribution in [1.82, 2.24) is 4.90 Å². The third-order valence-corrected chi connectivity index (χ3v) is 3.70. The average Bonchev–Trinajstić information content (AvgIpc) is 2.38. The number of hydrogen-bond donors (Lipinski definition) is 0. The van der Waals surface area contributed by atoms with Crippen molar-refractivity contribution < 1.29 is 13.9 Å². The van der Waals surface area contributed by atoms with Crippen LogP contribution in [-0.4, -0.2) is 36.6 Å². The predicted molar refractivity (Wildman–Crippen MR) is 70.0 cm³/mol. The van der Waals surface area contributed by atoms with Crippen LogP contribution < -0.4 is 0 Å². The van der Waals surface area contributed by atoms with Crippen molar-refractivity contribution in [3.05, 3.63) is 34.1 Å². The molecule has 18 heavy (non-hydrogen) atoms. The van der Waals surface area contributed by atoms with E-state index in [1.54, 1.807) is 4.90 Å². The Hall–Kier alpha value is -0.940. The number of rotatable bonds is 2. The van der Waals surface area contributed by atoms with Crippen LogP contribution in [-0.2, 0) is 4.74 Å². The molecule has 1 aromatic carbocycles. The second-order valence-corrected chi connectivity index (χ2v) is 5.13. The third kappa shape index (κ3) is 2.90. The van der Waals surface area contributed by atoms with E-state index in [2.05, 4.69) is 15.9 Å². The normalized spacial score (nSPS) is 19.9. The molecule has 5 heteroatoms. The standard InChI is InChI=1S/C13H15BrFNO2/c1-2-10-8-16(5-6-18-10)13(17)11-4-3-9(15)7-12(11)14/h3-4,7,10H,2,5-6,8H2,1H3. The Kier molecular flexibility index (Phi) is 4.35. The van der Waals surface area contributed by atoms with Crippen molar-refractivity contribution in [3.8, 4) is 0 Å². The molecule has 0 aromatic heterocycles. The highest BCUT2D eigenvalue weighted by molar-refractivity contribution is 9.10. The van der Waals surface area contributed by atoms with Gasteiger partial charge in [-0.1, -0.05) is 6.92 Å². The van der Waals surface area contributed by atoms with E-state index in [1.165, 1.54) is 18.2 Å². The van der Waals surface area contributed by atoms with Crippen molar-refractivity contribution in [2.24, 2.45) is 0 Å². The summed E-state index contributed by atoms with van der Waals surface area (Å²) in [6, 6.07) is 4.12. The Labute approximate surface area is 114 Å². The van der Waals surface area contributed by atoms with E-state index < -0.39 is 0 Å². The van der Waals surface area contributed by atoms with E-state index in [9.17, 15) is 9.18 Å². The van der Waals surface area contributed by atoms with Crippen LogP contribution in [0.5, 0.6) is 0 Å². The molecule has 0 bridgehead atoms. The lowest BCUT2D eigenvalue weighted by Gasteiger charge is -2.32. The van der Waals surface area contributed by atoms with Crippen molar-refractivity contribution in [1.29, 1.82) is 0 Å². The van der Waals surface area contributed by atoms with Crippen molar-refractivity contribution in [2.75, 3.05) is 19.7 Å². The molecular formula is C13H15BrFNO2. The Morgan fingerprint density at radius 2 is 2.39 bits per heavy atom. The molecule has 0 aliphatic carbocycles. The molecule has 0 spiro atoms. The summed E-state index contributed by atoms with van der Waals surface area (Å²) in [5.74, 6) is -0.435. The van der Waals surface area contributed by atoms with Gasteiger partial charge in [0.1, 0.15) is 5.82 Å². The Balaban J connectivity index is 2.15. The van der Waals surface area contributed by atoms with Crippen LogP contribution in [0, 0.1) is 5.82 Å². The summed E-state index contributed by atoms with van der Waals surface area (Å²) in [4.78, 5) is 14.1. The van der Waals surface area contributed by atoms with Gasteiger partial charge in [0.15, 0.2) is 0 Å². The van der Waals surface area contributed by atoms with E-state index in [4.69, 9.17) is 4.74 Å². The largest absolute Gasteiger partial charge is 0.375 e. The summed E-state index contributed by atoms with van der Waals surface area (Å²) in [7, 11) is 0. The van der Waals surface area contributed by atoms with Gasteiger partial charge in [-0.15, -0.1) is 0 Å². The number of benzene rings is 1. The van der Waals surface area contributed by atoms with Gasteiger partial charge in [0, 0.05) is 17.6 Å². The first-order chi connectivity index (χ1) is 8.61. The van der Waals surface area contributed by atoms with Gasteiger partial charge in [-0.25, -0.2) is 4.39 Å². The molecule has 1 fully saturated rings. The molecular weight excluding hydrogens is 301 g/mol. The minimum atomic E-state index is -0.355. The Bertz CT molecular complexity index is 453. The smallest absolute Gasteiger partial charge is 0.255 e. The quantitative estimate of drug-likeness (QED) is 0.840. The van der Waals surface area contributed by atoms with Gasteiger partial charge >= 0.3 is 0 Å². The molecule has 1 aliphatic rings. The summed E-state index contributed by atoms with van der Waals surface area (Å²) in [6.45, 7) is 3.77. The first kappa shape index (κ1) is 13.5. The highest BCUT2D eigenvalue weighted by Crippen LogP contribution is 2.21. The minimum absolute atomic E-state index is 0.0800.